The van der Waals surface area contributed by atoms with Gasteiger partial charge in [0.25, 0.3) is 0 Å². The van der Waals surface area contributed by atoms with Crippen LogP contribution in [-0.2, 0) is 0 Å². The minimum absolute atomic E-state index is 0.00306. The highest BCUT2D eigenvalue weighted by atomic mass is 16.5. The van der Waals surface area contributed by atoms with Crippen LogP contribution >= 0.6 is 0 Å². The molecule has 2 atom stereocenters. The summed E-state index contributed by atoms with van der Waals surface area (Å²) in [5.74, 6) is 0.915. The van der Waals surface area contributed by atoms with Crippen LogP contribution in [-0.4, -0.2) is 30.6 Å². The van der Waals surface area contributed by atoms with E-state index in [1.807, 2.05) is 25.1 Å². The lowest BCUT2D eigenvalue weighted by Gasteiger charge is -2.30. The zero-order valence-corrected chi connectivity index (χ0v) is 12.7. The van der Waals surface area contributed by atoms with E-state index in [-0.39, 0.29) is 6.04 Å². The molecule has 0 aliphatic heterocycles. The maximum Gasteiger partial charge on any atom is 0.124 e. The van der Waals surface area contributed by atoms with Crippen LogP contribution in [0.3, 0.4) is 0 Å². The van der Waals surface area contributed by atoms with Crippen LogP contribution in [0.4, 0.5) is 0 Å². The molecule has 0 radical (unpaired) electrons. The van der Waals surface area contributed by atoms with Crippen LogP contribution in [0.2, 0.25) is 0 Å². The molecule has 0 saturated heterocycles. The summed E-state index contributed by atoms with van der Waals surface area (Å²) in [4.78, 5) is 2.42. The highest BCUT2D eigenvalue weighted by Crippen LogP contribution is 2.24. The quantitative estimate of drug-likeness (QED) is 0.783. The van der Waals surface area contributed by atoms with Gasteiger partial charge in [-0.25, -0.2) is 0 Å². The minimum atomic E-state index is -0.00306. The SMILES string of the molecule is CCOc1ccccc1C(N)CN(CC)C(C)CC. The Morgan fingerprint density at radius 3 is 2.47 bits per heavy atom. The van der Waals surface area contributed by atoms with Crippen molar-refractivity contribution in [2.75, 3.05) is 19.7 Å². The molecule has 0 aliphatic carbocycles. The Kier molecular flexibility index (Phi) is 6.89. The van der Waals surface area contributed by atoms with Crippen molar-refractivity contribution in [1.29, 1.82) is 0 Å². The molecular weight excluding hydrogens is 236 g/mol. The first-order valence-electron chi connectivity index (χ1n) is 7.35. The van der Waals surface area contributed by atoms with E-state index < -0.39 is 0 Å². The number of rotatable bonds is 8. The van der Waals surface area contributed by atoms with Crippen molar-refractivity contribution >= 4 is 0 Å². The summed E-state index contributed by atoms with van der Waals surface area (Å²) in [6.45, 7) is 11.2. The number of hydrogen-bond acceptors (Lipinski definition) is 3. The molecule has 3 heteroatoms. The maximum atomic E-state index is 6.37. The van der Waals surface area contributed by atoms with Crippen LogP contribution in [0.15, 0.2) is 24.3 Å². The molecule has 0 saturated carbocycles. The van der Waals surface area contributed by atoms with E-state index in [0.29, 0.717) is 12.6 Å². The lowest BCUT2D eigenvalue weighted by Crippen LogP contribution is -2.38. The van der Waals surface area contributed by atoms with Gasteiger partial charge in [-0.15, -0.1) is 0 Å². The first kappa shape index (κ1) is 16.0. The highest BCUT2D eigenvalue weighted by molar-refractivity contribution is 5.36. The Hall–Kier alpha value is -1.06. The number of likely N-dealkylation sites (N-methyl/N-ethyl adjacent to an activating group) is 1. The minimum Gasteiger partial charge on any atom is -0.494 e. The van der Waals surface area contributed by atoms with Gasteiger partial charge >= 0.3 is 0 Å². The molecule has 2 unspecified atom stereocenters. The van der Waals surface area contributed by atoms with Crippen molar-refractivity contribution in [2.24, 2.45) is 5.73 Å². The van der Waals surface area contributed by atoms with E-state index >= 15 is 0 Å². The Balaban J connectivity index is 2.79. The molecule has 3 nitrogen and oxygen atoms in total. The lowest BCUT2D eigenvalue weighted by molar-refractivity contribution is 0.200. The molecule has 19 heavy (non-hydrogen) atoms. The van der Waals surface area contributed by atoms with Crippen LogP contribution in [0.1, 0.15) is 45.7 Å². The average Bonchev–Trinajstić information content (AvgIpc) is 2.44. The molecule has 108 valence electrons. The van der Waals surface area contributed by atoms with E-state index in [1.54, 1.807) is 0 Å². The summed E-state index contributed by atoms with van der Waals surface area (Å²) in [5.41, 5.74) is 7.48. The van der Waals surface area contributed by atoms with E-state index in [2.05, 4.69) is 31.7 Å². The summed E-state index contributed by atoms with van der Waals surface area (Å²) >= 11 is 0. The van der Waals surface area contributed by atoms with Gasteiger partial charge in [0, 0.05) is 24.2 Å². The molecule has 0 bridgehead atoms. The van der Waals surface area contributed by atoms with Gasteiger partial charge in [0.15, 0.2) is 0 Å². The van der Waals surface area contributed by atoms with Crippen LogP contribution in [0.5, 0.6) is 5.75 Å². The fourth-order valence-corrected chi connectivity index (χ4v) is 2.30. The van der Waals surface area contributed by atoms with Gasteiger partial charge in [-0.05, 0) is 32.9 Å². The van der Waals surface area contributed by atoms with Crippen LogP contribution in [0.25, 0.3) is 0 Å². The Morgan fingerprint density at radius 1 is 1.21 bits per heavy atom. The molecule has 0 amide bonds. The molecule has 0 spiro atoms. The predicted molar refractivity (Wildman–Crippen MR) is 81.5 cm³/mol. The van der Waals surface area contributed by atoms with Gasteiger partial charge in [0.05, 0.1) is 6.61 Å². The number of nitrogens with zero attached hydrogens (tertiary/aromatic N) is 1. The molecule has 1 aromatic carbocycles. The Bertz CT molecular complexity index is 368. The van der Waals surface area contributed by atoms with Gasteiger partial charge in [-0.1, -0.05) is 32.0 Å². The number of ether oxygens (including phenoxy) is 1. The van der Waals surface area contributed by atoms with Crippen molar-refractivity contribution in [3.63, 3.8) is 0 Å². The molecule has 0 aromatic heterocycles. The van der Waals surface area contributed by atoms with Crippen molar-refractivity contribution in [1.82, 2.24) is 4.90 Å². The molecule has 0 aliphatic rings. The van der Waals surface area contributed by atoms with Gasteiger partial charge in [0.1, 0.15) is 5.75 Å². The van der Waals surface area contributed by atoms with E-state index in [1.165, 1.54) is 0 Å². The fourth-order valence-electron chi connectivity index (χ4n) is 2.30. The van der Waals surface area contributed by atoms with Crippen molar-refractivity contribution < 1.29 is 4.74 Å². The third-order valence-electron chi connectivity index (χ3n) is 3.67. The van der Waals surface area contributed by atoms with Gasteiger partial charge in [0.2, 0.25) is 0 Å². The summed E-state index contributed by atoms with van der Waals surface area (Å²) in [6.07, 6.45) is 1.15. The van der Waals surface area contributed by atoms with Gasteiger partial charge in [-0.2, -0.15) is 0 Å². The molecule has 1 aromatic rings. The second-order valence-corrected chi connectivity index (χ2v) is 4.92. The molecule has 1 rings (SSSR count). The summed E-state index contributed by atoms with van der Waals surface area (Å²) in [5, 5.41) is 0. The Morgan fingerprint density at radius 2 is 1.89 bits per heavy atom. The number of hydrogen-bond donors (Lipinski definition) is 1. The average molecular weight is 264 g/mol. The van der Waals surface area contributed by atoms with E-state index in [0.717, 1.165) is 30.8 Å². The third kappa shape index (κ3) is 4.51. The molecule has 2 N–H and O–H groups in total. The van der Waals surface area contributed by atoms with Gasteiger partial charge in [-0.3, -0.25) is 4.90 Å². The topological polar surface area (TPSA) is 38.5 Å². The molecule has 0 fully saturated rings. The first-order valence-corrected chi connectivity index (χ1v) is 7.35. The second-order valence-electron chi connectivity index (χ2n) is 4.92. The monoisotopic (exact) mass is 264 g/mol. The maximum absolute atomic E-state index is 6.37. The third-order valence-corrected chi connectivity index (χ3v) is 3.67. The second kappa shape index (κ2) is 8.18. The van der Waals surface area contributed by atoms with Crippen molar-refractivity contribution in [3.05, 3.63) is 29.8 Å². The first-order chi connectivity index (χ1) is 9.13. The predicted octanol–water partition coefficient (Wildman–Crippen LogP) is 3.21. The van der Waals surface area contributed by atoms with E-state index in [4.69, 9.17) is 10.5 Å². The summed E-state index contributed by atoms with van der Waals surface area (Å²) in [6, 6.07) is 8.65. The van der Waals surface area contributed by atoms with Crippen LogP contribution in [0, 0.1) is 0 Å². The lowest BCUT2D eigenvalue weighted by atomic mass is 10.0. The molecule has 0 heterocycles. The smallest absolute Gasteiger partial charge is 0.124 e. The molecular formula is C16H28N2O. The van der Waals surface area contributed by atoms with Crippen molar-refractivity contribution in [2.45, 2.75) is 46.2 Å². The van der Waals surface area contributed by atoms with Crippen molar-refractivity contribution in [3.8, 4) is 5.75 Å². The zero-order chi connectivity index (χ0) is 14.3. The largest absolute Gasteiger partial charge is 0.494 e. The van der Waals surface area contributed by atoms with Crippen LogP contribution < -0.4 is 10.5 Å². The highest BCUT2D eigenvalue weighted by Gasteiger charge is 2.17. The fraction of sp³-hybridized carbons (Fsp3) is 0.625. The van der Waals surface area contributed by atoms with Gasteiger partial charge < -0.3 is 10.5 Å². The summed E-state index contributed by atoms with van der Waals surface area (Å²) in [7, 11) is 0. The number of benzene rings is 1. The zero-order valence-electron chi connectivity index (χ0n) is 12.7. The number of para-hydroxylation sites is 1. The Labute approximate surface area is 117 Å². The standard InChI is InChI=1S/C16H28N2O/c1-5-13(4)18(6-2)12-15(17)14-10-8-9-11-16(14)19-7-3/h8-11,13,15H,5-7,12,17H2,1-4H3. The normalized spacial score (nSPS) is 14.4. The summed E-state index contributed by atoms with van der Waals surface area (Å²) < 4.78 is 5.66. The van der Waals surface area contributed by atoms with E-state index in [9.17, 15) is 0 Å². The number of nitrogens with two attached hydrogens (primary N) is 1.